The summed E-state index contributed by atoms with van der Waals surface area (Å²) in [4.78, 5) is 15.6. The molecular formula is C24H29NO2. The van der Waals surface area contributed by atoms with Crippen molar-refractivity contribution in [2.75, 3.05) is 7.05 Å². The molecule has 1 amide bonds. The number of nitrogens with zero attached hydrogens (tertiary/aromatic N) is 1. The van der Waals surface area contributed by atoms with Gasteiger partial charge in [0.15, 0.2) is 0 Å². The quantitative estimate of drug-likeness (QED) is 0.758. The van der Waals surface area contributed by atoms with Gasteiger partial charge in [-0.05, 0) is 80.4 Å². The van der Waals surface area contributed by atoms with E-state index in [1.165, 1.54) is 24.8 Å². The lowest BCUT2D eigenvalue weighted by Crippen LogP contribution is -2.59. The Morgan fingerprint density at radius 1 is 1.07 bits per heavy atom. The fourth-order valence-electron chi connectivity index (χ4n) is 6.92. The van der Waals surface area contributed by atoms with Crippen LogP contribution in [-0.4, -0.2) is 17.9 Å². The average Bonchev–Trinajstić information content (AvgIpc) is 3.05. The van der Waals surface area contributed by atoms with Gasteiger partial charge in [-0.2, -0.15) is 0 Å². The minimum atomic E-state index is -0.170. The van der Waals surface area contributed by atoms with Gasteiger partial charge in [0.2, 0.25) is 5.91 Å². The smallest absolute Gasteiger partial charge is 0.228 e. The molecule has 0 radical (unpaired) electrons. The van der Waals surface area contributed by atoms with E-state index in [1.54, 1.807) is 0 Å². The lowest BCUT2D eigenvalue weighted by Gasteiger charge is -2.62. The fraction of sp³-hybridized carbons (Fsp3) is 0.542. The van der Waals surface area contributed by atoms with Crippen molar-refractivity contribution in [1.29, 1.82) is 0 Å². The molecule has 4 fully saturated rings. The van der Waals surface area contributed by atoms with Gasteiger partial charge in [0.1, 0.15) is 11.5 Å². The minimum absolute atomic E-state index is 0.170. The normalized spacial score (nSPS) is 34.0. The molecule has 2 atom stereocenters. The van der Waals surface area contributed by atoms with E-state index in [1.807, 2.05) is 31.0 Å². The lowest BCUT2D eigenvalue weighted by molar-refractivity contribution is -0.159. The van der Waals surface area contributed by atoms with Crippen molar-refractivity contribution in [2.45, 2.75) is 57.4 Å². The molecule has 142 valence electrons. The van der Waals surface area contributed by atoms with Gasteiger partial charge < -0.3 is 9.32 Å². The number of rotatable bonds is 4. The zero-order valence-electron chi connectivity index (χ0n) is 16.4. The van der Waals surface area contributed by atoms with E-state index < -0.39 is 0 Å². The number of amides is 1. The summed E-state index contributed by atoms with van der Waals surface area (Å²) in [5.74, 6) is 3.53. The molecule has 2 aromatic rings. The predicted octanol–water partition coefficient (Wildman–Crippen LogP) is 5.08. The Bertz CT molecular complexity index is 838. The van der Waals surface area contributed by atoms with Crippen LogP contribution in [0.5, 0.6) is 0 Å². The van der Waals surface area contributed by atoms with E-state index in [4.69, 9.17) is 4.42 Å². The van der Waals surface area contributed by atoms with E-state index in [9.17, 15) is 4.79 Å². The first-order valence-electron chi connectivity index (χ1n) is 10.3. The number of benzene rings is 1. The van der Waals surface area contributed by atoms with Crippen molar-refractivity contribution in [2.24, 2.45) is 17.3 Å². The molecule has 0 saturated heterocycles. The molecule has 6 rings (SSSR count). The van der Waals surface area contributed by atoms with Crippen molar-refractivity contribution < 1.29 is 9.21 Å². The second kappa shape index (κ2) is 5.98. The Morgan fingerprint density at radius 3 is 2.41 bits per heavy atom. The summed E-state index contributed by atoms with van der Waals surface area (Å²) >= 11 is 0. The van der Waals surface area contributed by atoms with Crippen LogP contribution in [0.1, 0.15) is 55.6 Å². The topological polar surface area (TPSA) is 33.5 Å². The van der Waals surface area contributed by atoms with Crippen molar-refractivity contribution in [3.8, 4) is 0 Å². The second-order valence-corrected chi connectivity index (χ2v) is 9.56. The molecule has 4 aliphatic carbocycles. The third kappa shape index (κ3) is 2.74. The first-order valence-corrected chi connectivity index (χ1v) is 10.3. The average molecular weight is 364 g/mol. The Balaban J connectivity index is 1.44. The summed E-state index contributed by atoms with van der Waals surface area (Å²) in [6.45, 7) is 2.52. The van der Waals surface area contributed by atoms with Crippen molar-refractivity contribution in [3.05, 3.63) is 59.5 Å². The van der Waals surface area contributed by atoms with Gasteiger partial charge in [-0.25, -0.2) is 0 Å². The van der Waals surface area contributed by atoms with Crippen LogP contribution in [0.15, 0.2) is 46.9 Å². The monoisotopic (exact) mass is 363 g/mol. The van der Waals surface area contributed by atoms with E-state index in [2.05, 4.69) is 30.3 Å². The SMILES string of the molecule is Cc1ccc(CN(C)C(=O)C23CC4CC(C2)CC(c2ccccc2)(C4)C3)o1. The maximum atomic E-state index is 13.7. The zero-order valence-corrected chi connectivity index (χ0v) is 16.4. The van der Waals surface area contributed by atoms with Gasteiger partial charge in [0, 0.05) is 7.05 Å². The first kappa shape index (κ1) is 17.1. The van der Waals surface area contributed by atoms with Crippen LogP contribution in [0, 0.1) is 24.2 Å². The number of carbonyl (C=O) groups excluding carboxylic acids is 1. The fourth-order valence-corrected chi connectivity index (χ4v) is 6.92. The summed E-state index contributed by atoms with van der Waals surface area (Å²) in [5.41, 5.74) is 1.50. The molecular weight excluding hydrogens is 334 g/mol. The highest BCUT2D eigenvalue weighted by Gasteiger charge is 2.61. The number of hydrogen-bond acceptors (Lipinski definition) is 2. The highest BCUT2D eigenvalue weighted by molar-refractivity contribution is 5.83. The van der Waals surface area contributed by atoms with Gasteiger partial charge in [0.25, 0.3) is 0 Å². The molecule has 1 heterocycles. The maximum Gasteiger partial charge on any atom is 0.228 e. The number of aryl methyl sites for hydroxylation is 1. The second-order valence-electron chi connectivity index (χ2n) is 9.56. The maximum absolute atomic E-state index is 13.7. The van der Waals surface area contributed by atoms with E-state index in [0.29, 0.717) is 24.3 Å². The molecule has 2 unspecified atom stereocenters. The Kier molecular flexibility index (Phi) is 3.79. The minimum Gasteiger partial charge on any atom is -0.464 e. The Labute approximate surface area is 161 Å². The Morgan fingerprint density at radius 2 is 1.78 bits per heavy atom. The van der Waals surface area contributed by atoms with Crippen LogP contribution in [0.2, 0.25) is 0 Å². The van der Waals surface area contributed by atoms with Crippen molar-refractivity contribution in [1.82, 2.24) is 4.90 Å². The molecule has 1 aromatic carbocycles. The van der Waals surface area contributed by atoms with Crippen molar-refractivity contribution >= 4 is 5.91 Å². The third-order valence-corrected chi connectivity index (χ3v) is 7.44. The molecule has 27 heavy (non-hydrogen) atoms. The third-order valence-electron chi connectivity index (χ3n) is 7.44. The molecule has 1 aromatic heterocycles. The van der Waals surface area contributed by atoms with Crippen LogP contribution in [-0.2, 0) is 16.8 Å². The summed E-state index contributed by atoms with van der Waals surface area (Å²) in [5, 5.41) is 0. The van der Waals surface area contributed by atoms with Crippen LogP contribution < -0.4 is 0 Å². The van der Waals surface area contributed by atoms with Gasteiger partial charge >= 0.3 is 0 Å². The first-order chi connectivity index (χ1) is 13.0. The van der Waals surface area contributed by atoms with Crippen LogP contribution in [0.4, 0.5) is 0 Å². The van der Waals surface area contributed by atoms with Gasteiger partial charge in [0.05, 0.1) is 12.0 Å². The van der Waals surface area contributed by atoms with Crippen LogP contribution in [0.3, 0.4) is 0 Å². The largest absolute Gasteiger partial charge is 0.464 e. The molecule has 0 N–H and O–H groups in total. The molecule has 4 saturated carbocycles. The molecule has 0 spiro atoms. The lowest BCUT2D eigenvalue weighted by atomic mass is 9.42. The van der Waals surface area contributed by atoms with Crippen LogP contribution >= 0.6 is 0 Å². The molecule has 0 aliphatic heterocycles. The standard InChI is InChI=1S/C24H29NO2/c1-17-8-9-21(27-17)15-25(2)22(26)24-13-18-10-19(14-24)12-23(11-18,16-24)20-6-4-3-5-7-20/h3-9,18-19H,10-16H2,1-2H3. The predicted molar refractivity (Wildman–Crippen MR) is 105 cm³/mol. The highest BCUT2D eigenvalue weighted by Crippen LogP contribution is 2.66. The van der Waals surface area contributed by atoms with E-state index in [-0.39, 0.29) is 10.8 Å². The molecule has 3 heteroatoms. The van der Waals surface area contributed by atoms with Gasteiger partial charge in [-0.15, -0.1) is 0 Å². The molecule has 4 aliphatic rings. The Hall–Kier alpha value is -2.03. The summed E-state index contributed by atoms with van der Waals surface area (Å²) in [7, 11) is 1.95. The summed E-state index contributed by atoms with van der Waals surface area (Å²) in [6, 6.07) is 15.0. The number of carbonyl (C=O) groups is 1. The van der Waals surface area contributed by atoms with Gasteiger partial charge in [-0.1, -0.05) is 30.3 Å². The molecule has 4 bridgehead atoms. The number of hydrogen-bond donors (Lipinski definition) is 0. The molecule has 3 nitrogen and oxygen atoms in total. The van der Waals surface area contributed by atoms with Crippen molar-refractivity contribution in [3.63, 3.8) is 0 Å². The van der Waals surface area contributed by atoms with E-state index >= 15 is 0 Å². The van der Waals surface area contributed by atoms with Gasteiger partial charge in [-0.3, -0.25) is 4.79 Å². The highest BCUT2D eigenvalue weighted by atomic mass is 16.3. The van der Waals surface area contributed by atoms with Crippen LogP contribution in [0.25, 0.3) is 0 Å². The zero-order chi connectivity index (χ0) is 18.6. The number of furan rings is 1. The summed E-state index contributed by atoms with van der Waals surface area (Å²) in [6.07, 6.45) is 7.05. The summed E-state index contributed by atoms with van der Waals surface area (Å²) < 4.78 is 5.72. The van der Waals surface area contributed by atoms with E-state index in [0.717, 1.165) is 30.8 Å².